The molecular weight excluding hydrogens is 372 g/mol. The topological polar surface area (TPSA) is 35.5 Å². The summed E-state index contributed by atoms with van der Waals surface area (Å²) in [6.07, 6.45) is 0. The number of carbonyl (C=O) groups is 1. The molecule has 0 N–H and O–H groups in total. The van der Waals surface area contributed by atoms with E-state index in [4.69, 9.17) is 9.47 Å². The first-order valence-corrected chi connectivity index (χ1v) is 10.1. The summed E-state index contributed by atoms with van der Waals surface area (Å²) in [4.78, 5) is 14.3. The van der Waals surface area contributed by atoms with E-state index in [0.29, 0.717) is 0 Å². The highest BCUT2D eigenvalue weighted by molar-refractivity contribution is 5.99. The third kappa shape index (κ3) is 2.49. The lowest BCUT2D eigenvalue weighted by Crippen LogP contribution is -2.27. The van der Waals surface area contributed by atoms with Crippen molar-refractivity contribution in [1.29, 1.82) is 0 Å². The van der Waals surface area contributed by atoms with Crippen molar-refractivity contribution in [3.8, 4) is 23.0 Å². The van der Waals surface area contributed by atoms with Gasteiger partial charge in [0.1, 0.15) is 23.0 Å². The Labute approximate surface area is 174 Å². The minimum Gasteiger partial charge on any atom is -0.457 e. The molecule has 0 spiro atoms. The highest BCUT2D eigenvalue weighted by atomic mass is 16.5. The molecule has 4 aromatic carbocycles. The first kappa shape index (κ1) is 17.0. The molecule has 144 valence electrons. The molecule has 0 radical (unpaired) electrons. The van der Waals surface area contributed by atoms with Crippen LogP contribution in [0.15, 0.2) is 97.1 Å². The lowest BCUT2D eigenvalue weighted by atomic mass is 9.75. The van der Waals surface area contributed by atoms with Gasteiger partial charge in [-0.3, -0.25) is 4.79 Å². The molecule has 30 heavy (non-hydrogen) atoms. The Kier molecular flexibility index (Phi) is 3.75. The molecular formula is C27H18O3. The zero-order valence-electron chi connectivity index (χ0n) is 16.1. The number of ketones is 1. The van der Waals surface area contributed by atoms with Crippen LogP contribution < -0.4 is 9.47 Å². The molecule has 2 heterocycles. The van der Waals surface area contributed by atoms with E-state index in [-0.39, 0.29) is 5.78 Å². The largest absolute Gasteiger partial charge is 0.457 e. The molecule has 0 aliphatic carbocycles. The minimum atomic E-state index is -0.407. The SMILES string of the molecule is O=C(C1c2ccccc2Oc2ccccc21)C1c2ccccc2Oc2ccccc21. The van der Waals surface area contributed by atoms with Gasteiger partial charge in [-0.05, 0) is 24.3 Å². The standard InChI is InChI=1S/C27H18O3/c28-27(25-17-9-1-5-13-21(17)29-22-14-6-2-10-18(22)25)26-19-11-3-7-15-23(19)30-24-16-8-4-12-20(24)26/h1-16,25-26H. The fraction of sp³-hybridized carbons (Fsp3) is 0.0741. The first-order chi connectivity index (χ1) is 14.8. The molecule has 4 aromatic rings. The molecule has 6 rings (SSSR count). The Hall–Kier alpha value is -3.85. The maximum atomic E-state index is 14.3. The summed E-state index contributed by atoms with van der Waals surface area (Å²) >= 11 is 0. The van der Waals surface area contributed by atoms with E-state index in [1.165, 1.54) is 0 Å². The molecule has 0 aromatic heterocycles. The zero-order chi connectivity index (χ0) is 20.1. The lowest BCUT2D eigenvalue weighted by Gasteiger charge is -2.33. The van der Waals surface area contributed by atoms with Crippen LogP contribution >= 0.6 is 0 Å². The van der Waals surface area contributed by atoms with Crippen LogP contribution in [-0.4, -0.2) is 5.78 Å². The van der Waals surface area contributed by atoms with Gasteiger partial charge in [0.2, 0.25) is 0 Å². The third-order valence-electron chi connectivity index (χ3n) is 5.93. The Bertz CT molecular complexity index is 1100. The van der Waals surface area contributed by atoms with Crippen molar-refractivity contribution in [2.45, 2.75) is 11.8 Å². The van der Waals surface area contributed by atoms with Crippen LogP contribution in [0.1, 0.15) is 34.1 Å². The van der Waals surface area contributed by atoms with Crippen molar-refractivity contribution >= 4 is 5.78 Å². The predicted octanol–water partition coefficient (Wildman–Crippen LogP) is 6.43. The molecule has 0 atom stereocenters. The maximum absolute atomic E-state index is 14.3. The second kappa shape index (κ2) is 6.60. The second-order valence-corrected chi connectivity index (χ2v) is 7.62. The van der Waals surface area contributed by atoms with Gasteiger partial charge in [0.05, 0.1) is 11.8 Å². The van der Waals surface area contributed by atoms with E-state index in [9.17, 15) is 4.79 Å². The minimum absolute atomic E-state index is 0.126. The van der Waals surface area contributed by atoms with Crippen LogP contribution in [0.25, 0.3) is 0 Å². The highest BCUT2D eigenvalue weighted by Gasteiger charge is 2.40. The molecule has 3 heteroatoms. The zero-order valence-corrected chi connectivity index (χ0v) is 16.1. The fourth-order valence-electron chi connectivity index (χ4n) is 4.60. The van der Waals surface area contributed by atoms with E-state index < -0.39 is 11.8 Å². The Morgan fingerprint density at radius 3 is 1.03 bits per heavy atom. The van der Waals surface area contributed by atoms with Crippen LogP contribution in [0.5, 0.6) is 23.0 Å². The molecule has 2 aliphatic heterocycles. The smallest absolute Gasteiger partial charge is 0.157 e. The molecule has 0 unspecified atom stereocenters. The van der Waals surface area contributed by atoms with Gasteiger partial charge in [0.15, 0.2) is 5.78 Å². The third-order valence-corrected chi connectivity index (χ3v) is 5.93. The number of para-hydroxylation sites is 4. The van der Waals surface area contributed by atoms with E-state index in [1.54, 1.807) is 0 Å². The van der Waals surface area contributed by atoms with Crippen molar-refractivity contribution in [2.75, 3.05) is 0 Å². The second-order valence-electron chi connectivity index (χ2n) is 7.62. The molecule has 0 fully saturated rings. The summed E-state index contributed by atoms with van der Waals surface area (Å²) in [6, 6.07) is 31.3. The molecule has 0 amide bonds. The van der Waals surface area contributed by atoms with Gasteiger partial charge < -0.3 is 9.47 Å². The van der Waals surface area contributed by atoms with Crippen LogP contribution in [0, 0.1) is 0 Å². The summed E-state index contributed by atoms with van der Waals surface area (Å²) in [5.41, 5.74) is 3.62. The lowest BCUT2D eigenvalue weighted by molar-refractivity contribution is -0.120. The average Bonchev–Trinajstić information content (AvgIpc) is 2.80. The number of benzene rings is 4. The fourth-order valence-corrected chi connectivity index (χ4v) is 4.60. The monoisotopic (exact) mass is 390 g/mol. The Morgan fingerprint density at radius 2 is 0.733 bits per heavy atom. The summed E-state index contributed by atoms with van der Waals surface area (Å²) in [5.74, 6) is 2.27. The predicted molar refractivity (Wildman–Crippen MR) is 115 cm³/mol. The van der Waals surface area contributed by atoms with E-state index >= 15 is 0 Å². The number of ether oxygens (including phenoxy) is 2. The molecule has 0 saturated heterocycles. The summed E-state index contributed by atoms with van der Waals surface area (Å²) in [5, 5.41) is 0. The molecule has 0 bridgehead atoms. The maximum Gasteiger partial charge on any atom is 0.157 e. The van der Waals surface area contributed by atoms with Crippen molar-refractivity contribution in [1.82, 2.24) is 0 Å². The summed E-state index contributed by atoms with van der Waals surface area (Å²) in [6.45, 7) is 0. The van der Waals surface area contributed by atoms with Gasteiger partial charge in [0, 0.05) is 22.3 Å². The normalized spacial score (nSPS) is 14.4. The van der Waals surface area contributed by atoms with Gasteiger partial charge >= 0.3 is 0 Å². The summed E-state index contributed by atoms with van der Waals surface area (Å²) < 4.78 is 12.2. The van der Waals surface area contributed by atoms with E-state index in [1.807, 2.05) is 97.1 Å². The average molecular weight is 390 g/mol. The van der Waals surface area contributed by atoms with Crippen molar-refractivity contribution < 1.29 is 14.3 Å². The van der Waals surface area contributed by atoms with Gasteiger partial charge in [-0.15, -0.1) is 0 Å². The molecule has 3 nitrogen and oxygen atoms in total. The highest BCUT2D eigenvalue weighted by Crippen LogP contribution is 2.51. The van der Waals surface area contributed by atoms with Crippen molar-refractivity contribution in [3.63, 3.8) is 0 Å². The van der Waals surface area contributed by atoms with E-state index in [2.05, 4.69) is 0 Å². The number of fused-ring (bicyclic) bond motifs is 4. The van der Waals surface area contributed by atoms with Gasteiger partial charge in [-0.25, -0.2) is 0 Å². The van der Waals surface area contributed by atoms with Crippen LogP contribution in [0.3, 0.4) is 0 Å². The molecule has 2 aliphatic rings. The Morgan fingerprint density at radius 1 is 0.467 bits per heavy atom. The number of carbonyl (C=O) groups excluding carboxylic acids is 1. The van der Waals surface area contributed by atoms with Crippen molar-refractivity contribution in [3.05, 3.63) is 119 Å². The number of hydrogen-bond donors (Lipinski definition) is 0. The van der Waals surface area contributed by atoms with Crippen LogP contribution in [-0.2, 0) is 4.79 Å². The molecule has 0 saturated carbocycles. The first-order valence-electron chi connectivity index (χ1n) is 10.1. The number of Topliss-reactive ketones (excluding diaryl/α,β-unsaturated/α-hetero) is 1. The van der Waals surface area contributed by atoms with Crippen LogP contribution in [0.2, 0.25) is 0 Å². The quantitative estimate of drug-likeness (QED) is 0.396. The number of hydrogen-bond acceptors (Lipinski definition) is 3. The Balaban J connectivity index is 1.57. The van der Waals surface area contributed by atoms with Crippen LogP contribution in [0.4, 0.5) is 0 Å². The van der Waals surface area contributed by atoms with E-state index in [0.717, 1.165) is 45.3 Å². The number of rotatable bonds is 2. The van der Waals surface area contributed by atoms with Gasteiger partial charge in [-0.1, -0.05) is 72.8 Å². The van der Waals surface area contributed by atoms with Gasteiger partial charge in [0.25, 0.3) is 0 Å². The summed E-state index contributed by atoms with van der Waals surface area (Å²) in [7, 11) is 0. The van der Waals surface area contributed by atoms with Gasteiger partial charge in [-0.2, -0.15) is 0 Å². The van der Waals surface area contributed by atoms with Crippen molar-refractivity contribution in [2.24, 2.45) is 0 Å².